The van der Waals surface area contributed by atoms with Gasteiger partial charge in [0.25, 0.3) is 0 Å². The van der Waals surface area contributed by atoms with Gasteiger partial charge < -0.3 is 5.73 Å². The summed E-state index contributed by atoms with van der Waals surface area (Å²) in [5.41, 5.74) is 5.92. The zero-order valence-electron chi connectivity index (χ0n) is 6.30. The lowest BCUT2D eigenvalue weighted by molar-refractivity contribution is -0.383. The van der Waals surface area contributed by atoms with Gasteiger partial charge in [-0.3, -0.25) is 10.1 Å². The van der Waals surface area contributed by atoms with Crippen LogP contribution >= 0.6 is 0 Å². The van der Waals surface area contributed by atoms with Gasteiger partial charge in [-0.25, -0.2) is 4.63 Å². The third-order valence-corrected chi connectivity index (χ3v) is 1.62. The molecule has 0 unspecified atom stereocenters. The fourth-order valence-corrected chi connectivity index (χ4v) is 1.02. The molecule has 2 aromatic rings. The van der Waals surface area contributed by atoms with Gasteiger partial charge in [-0.1, -0.05) is 0 Å². The number of nitro benzene ring substituents is 1. The van der Waals surface area contributed by atoms with Crippen molar-refractivity contribution >= 4 is 22.4 Å². The standard InChI is InChI=1S/C6H4N4O3/c7-3-1-2-4(10(11)12)6-5(3)8-13-9-6/h1-2H,7H2. The first kappa shape index (κ1) is 7.47. The number of rotatable bonds is 1. The number of nitro groups is 1. The van der Waals surface area contributed by atoms with Crippen molar-refractivity contribution in [1.29, 1.82) is 0 Å². The molecule has 66 valence electrons. The molecule has 1 aromatic heterocycles. The Morgan fingerprint density at radius 1 is 1.38 bits per heavy atom. The summed E-state index contributed by atoms with van der Waals surface area (Å²) >= 11 is 0. The van der Waals surface area contributed by atoms with Gasteiger partial charge in [0, 0.05) is 6.07 Å². The van der Waals surface area contributed by atoms with Crippen LogP contribution in [0.1, 0.15) is 0 Å². The van der Waals surface area contributed by atoms with E-state index in [2.05, 4.69) is 14.9 Å². The van der Waals surface area contributed by atoms with Gasteiger partial charge in [-0.15, -0.1) is 0 Å². The van der Waals surface area contributed by atoms with Gasteiger partial charge in [0.2, 0.25) is 5.52 Å². The van der Waals surface area contributed by atoms with Gasteiger partial charge in [-0.05, 0) is 16.4 Å². The van der Waals surface area contributed by atoms with Gasteiger partial charge >= 0.3 is 5.69 Å². The molecule has 0 spiro atoms. The summed E-state index contributed by atoms with van der Waals surface area (Å²) < 4.78 is 4.35. The number of hydrogen-bond acceptors (Lipinski definition) is 6. The van der Waals surface area contributed by atoms with Crippen molar-refractivity contribution in [2.45, 2.75) is 0 Å². The molecular formula is C6H4N4O3. The van der Waals surface area contributed by atoms with E-state index in [0.717, 1.165) is 0 Å². The molecule has 7 nitrogen and oxygen atoms in total. The molecule has 0 saturated heterocycles. The smallest absolute Gasteiger partial charge is 0.300 e. The minimum atomic E-state index is -0.564. The van der Waals surface area contributed by atoms with Gasteiger partial charge in [0.1, 0.15) is 0 Å². The van der Waals surface area contributed by atoms with Gasteiger partial charge in [-0.2, -0.15) is 0 Å². The Labute approximate surface area is 71.2 Å². The molecule has 0 amide bonds. The van der Waals surface area contributed by atoms with Crippen LogP contribution in [-0.4, -0.2) is 15.2 Å². The first-order valence-electron chi connectivity index (χ1n) is 3.35. The van der Waals surface area contributed by atoms with Crippen LogP contribution in [0.25, 0.3) is 11.0 Å². The van der Waals surface area contributed by atoms with Gasteiger partial charge in [0.05, 0.1) is 10.6 Å². The van der Waals surface area contributed by atoms with Crippen molar-refractivity contribution in [3.63, 3.8) is 0 Å². The maximum absolute atomic E-state index is 10.5. The average molecular weight is 180 g/mol. The number of anilines is 1. The molecule has 2 N–H and O–H groups in total. The molecule has 0 atom stereocenters. The molecule has 0 saturated carbocycles. The third kappa shape index (κ3) is 0.975. The number of nitrogens with zero attached hydrogens (tertiary/aromatic N) is 3. The van der Waals surface area contributed by atoms with E-state index >= 15 is 0 Å². The summed E-state index contributed by atoms with van der Waals surface area (Å²) in [6, 6.07) is 2.66. The quantitative estimate of drug-likeness (QED) is 0.393. The molecule has 1 heterocycles. The van der Waals surface area contributed by atoms with Crippen molar-refractivity contribution in [2.24, 2.45) is 0 Å². The molecule has 0 aliphatic carbocycles. The van der Waals surface area contributed by atoms with Gasteiger partial charge in [0.15, 0.2) is 5.52 Å². The molecular weight excluding hydrogens is 176 g/mol. The zero-order valence-corrected chi connectivity index (χ0v) is 6.30. The number of hydrogen-bond donors (Lipinski definition) is 1. The zero-order chi connectivity index (χ0) is 9.42. The highest BCUT2D eigenvalue weighted by atomic mass is 16.6. The van der Waals surface area contributed by atoms with Crippen LogP contribution in [0, 0.1) is 10.1 Å². The second-order valence-corrected chi connectivity index (χ2v) is 2.39. The minimum absolute atomic E-state index is 0.0741. The molecule has 0 aliphatic rings. The van der Waals surface area contributed by atoms with E-state index in [9.17, 15) is 10.1 Å². The number of aromatic nitrogens is 2. The van der Waals surface area contributed by atoms with E-state index in [0.29, 0.717) is 5.69 Å². The molecule has 0 fully saturated rings. The third-order valence-electron chi connectivity index (χ3n) is 1.62. The Morgan fingerprint density at radius 3 is 2.77 bits per heavy atom. The number of nitrogen functional groups attached to an aromatic ring is 1. The van der Waals surface area contributed by atoms with Crippen LogP contribution in [0.4, 0.5) is 11.4 Å². The Hall–Kier alpha value is -2.18. The van der Waals surface area contributed by atoms with Crippen LogP contribution in [-0.2, 0) is 0 Å². The minimum Gasteiger partial charge on any atom is -0.397 e. The highest BCUT2D eigenvalue weighted by Crippen LogP contribution is 2.26. The van der Waals surface area contributed by atoms with Crippen molar-refractivity contribution in [1.82, 2.24) is 10.3 Å². The summed E-state index contributed by atoms with van der Waals surface area (Å²) in [7, 11) is 0. The molecule has 13 heavy (non-hydrogen) atoms. The Bertz CT molecular complexity index is 478. The monoisotopic (exact) mass is 180 g/mol. The Kier molecular flexibility index (Phi) is 1.38. The number of nitrogens with two attached hydrogens (primary N) is 1. The summed E-state index contributed by atoms with van der Waals surface area (Å²) in [5, 5.41) is 17.3. The SMILES string of the molecule is Nc1ccc([N+](=O)[O-])c2nonc12. The summed E-state index contributed by atoms with van der Waals surface area (Å²) in [4.78, 5) is 9.92. The largest absolute Gasteiger partial charge is 0.397 e. The first-order chi connectivity index (χ1) is 6.20. The lowest BCUT2D eigenvalue weighted by Crippen LogP contribution is -1.92. The molecule has 0 aliphatic heterocycles. The normalized spacial score (nSPS) is 10.5. The van der Waals surface area contributed by atoms with Crippen LogP contribution in [0.2, 0.25) is 0 Å². The maximum atomic E-state index is 10.5. The lowest BCUT2D eigenvalue weighted by Gasteiger charge is -1.92. The Balaban J connectivity index is 2.86. The number of non-ortho nitro benzene ring substituents is 1. The van der Waals surface area contributed by atoms with Crippen LogP contribution < -0.4 is 5.73 Å². The summed E-state index contributed by atoms with van der Waals surface area (Å²) in [6.45, 7) is 0. The maximum Gasteiger partial charge on any atom is 0.300 e. The molecule has 0 radical (unpaired) electrons. The predicted octanol–water partition coefficient (Wildman–Crippen LogP) is 0.713. The second kappa shape index (κ2) is 2.41. The molecule has 0 bridgehead atoms. The van der Waals surface area contributed by atoms with Crippen LogP contribution in [0.5, 0.6) is 0 Å². The Morgan fingerprint density at radius 2 is 2.08 bits per heavy atom. The van der Waals surface area contributed by atoms with E-state index in [1.807, 2.05) is 0 Å². The molecule has 7 heteroatoms. The summed E-state index contributed by atoms with van der Waals surface area (Å²) in [6.07, 6.45) is 0. The average Bonchev–Trinajstić information content (AvgIpc) is 2.53. The van der Waals surface area contributed by atoms with E-state index in [1.165, 1.54) is 12.1 Å². The lowest BCUT2D eigenvalue weighted by atomic mass is 10.2. The highest BCUT2D eigenvalue weighted by Gasteiger charge is 2.17. The fraction of sp³-hybridized carbons (Fsp3) is 0. The van der Waals surface area contributed by atoms with Crippen molar-refractivity contribution in [3.8, 4) is 0 Å². The van der Waals surface area contributed by atoms with E-state index in [1.54, 1.807) is 0 Å². The van der Waals surface area contributed by atoms with Crippen molar-refractivity contribution in [2.75, 3.05) is 5.73 Å². The summed E-state index contributed by atoms with van der Waals surface area (Å²) in [5.74, 6) is 0. The van der Waals surface area contributed by atoms with Crippen LogP contribution in [0.3, 0.4) is 0 Å². The molecule has 1 aromatic carbocycles. The fourth-order valence-electron chi connectivity index (χ4n) is 1.02. The first-order valence-corrected chi connectivity index (χ1v) is 3.35. The number of benzene rings is 1. The van der Waals surface area contributed by atoms with E-state index in [-0.39, 0.29) is 16.7 Å². The van der Waals surface area contributed by atoms with Crippen molar-refractivity contribution in [3.05, 3.63) is 22.2 Å². The second-order valence-electron chi connectivity index (χ2n) is 2.39. The topological polar surface area (TPSA) is 108 Å². The van der Waals surface area contributed by atoms with Crippen molar-refractivity contribution < 1.29 is 9.55 Å². The van der Waals surface area contributed by atoms with E-state index < -0.39 is 4.92 Å². The molecule has 2 rings (SSSR count). The predicted molar refractivity (Wildman–Crippen MR) is 42.9 cm³/mol. The van der Waals surface area contributed by atoms with Crippen LogP contribution in [0.15, 0.2) is 16.8 Å². The van der Waals surface area contributed by atoms with E-state index in [4.69, 9.17) is 5.73 Å². The number of fused-ring (bicyclic) bond motifs is 1. The highest BCUT2D eigenvalue weighted by molar-refractivity contribution is 5.92.